The first-order valence-electron chi connectivity index (χ1n) is 7.96. The van der Waals surface area contributed by atoms with Crippen LogP contribution in [0.15, 0.2) is 47.1 Å². The predicted octanol–water partition coefficient (Wildman–Crippen LogP) is 2.14. The number of pyridine rings is 1. The van der Waals surface area contributed by atoms with Crippen molar-refractivity contribution in [1.29, 1.82) is 0 Å². The molecule has 1 aromatic heterocycles. The normalized spacial score (nSPS) is 10.4. The molecule has 0 atom stereocenters. The summed E-state index contributed by atoms with van der Waals surface area (Å²) in [6.07, 6.45) is 1.57. The molecule has 0 aliphatic rings. The van der Waals surface area contributed by atoms with Crippen LogP contribution in [0.2, 0.25) is 0 Å². The molecule has 0 aliphatic carbocycles. The number of aromatic nitrogens is 1. The molecule has 27 heavy (non-hydrogen) atoms. The van der Waals surface area contributed by atoms with E-state index in [-0.39, 0.29) is 30.5 Å². The Bertz CT molecular complexity index is 826. The smallest absolute Gasteiger partial charge is 0.339 e. The Labute approximate surface area is 165 Å². The van der Waals surface area contributed by atoms with Crippen molar-refractivity contribution >= 4 is 45.2 Å². The summed E-state index contributed by atoms with van der Waals surface area (Å²) in [5, 5.41) is 5.30. The second kappa shape index (κ2) is 9.79. The number of carbonyl (C=O) groups is 3. The maximum absolute atomic E-state index is 12.2. The Kier molecular flexibility index (Phi) is 7.44. The summed E-state index contributed by atoms with van der Waals surface area (Å²) in [7, 11) is 2.91. The first-order chi connectivity index (χ1) is 12.9. The number of halogens is 1. The molecule has 142 valence electrons. The van der Waals surface area contributed by atoms with Gasteiger partial charge in [-0.25, -0.2) is 9.78 Å². The van der Waals surface area contributed by atoms with Gasteiger partial charge in [0.15, 0.2) is 0 Å². The number of hydrogen-bond acceptors (Lipinski definition) is 6. The van der Waals surface area contributed by atoms with Crippen LogP contribution >= 0.6 is 15.9 Å². The van der Waals surface area contributed by atoms with Crippen molar-refractivity contribution in [2.75, 3.05) is 37.9 Å². The number of rotatable bonds is 7. The van der Waals surface area contributed by atoms with Crippen LogP contribution in [0.3, 0.4) is 0 Å². The molecular weight excluding hydrogens is 416 g/mol. The van der Waals surface area contributed by atoms with E-state index in [1.54, 1.807) is 54.5 Å². The zero-order valence-electron chi connectivity index (χ0n) is 14.9. The number of nitrogens with zero attached hydrogens (tertiary/aromatic N) is 2. The van der Waals surface area contributed by atoms with Crippen molar-refractivity contribution in [3.63, 3.8) is 0 Å². The van der Waals surface area contributed by atoms with Crippen LogP contribution in [0.5, 0.6) is 0 Å². The molecule has 0 spiro atoms. The van der Waals surface area contributed by atoms with E-state index >= 15 is 0 Å². The summed E-state index contributed by atoms with van der Waals surface area (Å²) in [5.74, 6) is -0.771. The van der Waals surface area contributed by atoms with E-state index in [4.69, 9.17) is 4.74 Å². The maximum Gasteiger partial charge on any atom is 0.339 e. The number of nitrogens with one attached hydrogen (secondary N) is 2. The number of para-hydroxylation sites is 1. The molecule has 1 heterocycles. The number of esters is 1. The molecule has 0 fully saturated rings. The van der Waals surface area contributed by atoms with Gasteiger partial charge >= 0.3 is 5.97 Å². The van der Waals surface area contributed by atoms with Crippen LogP contribution in [0.4, 0.5) is 11.5 Å². The molecule has 0 unspecified atom stereocenters. The van der Waals surface area contributed by atoms with Gasteiger partial charge in [-0.05, 0) is 47.2 Å². The number of ether oxygens (including phenoxy) is 1. The van der Waals surface area contributed by atoms with Gasteiger partial charge in [0, 0.05) is 10.7 Å². The quantitative estimate of drug-likeness (QED) is 0.647. The highest BCUT2D eigenvalue weighted by Crippen LogP contribution is 2.16. The Morgan fingerprint density at radius 3 is 2.37 bits per heavy atom. The second-order valence-corrected chi connectivity index (χ2v) is 6.58. The largest absolute Gasteiger partial charge is 0.465 e. The Balaban J connectivity index is 1.87. The fourth-order valence-corrected chi connectivity index (χ4v) is 2.48. The van der Waals surface area contributed by atoms with Gasteiger partial charge < -0.3 is 15.4 Å². The van der Waals surface area contributed by atoms with Crippen molar-refractivity contribution in [2.24, 2.45) is 0 Å². The van der Waals surface area contributed by atoms with Gasteiger partial charge in [-0.2, -0.15) is 0 Å². The van der Waals surface area contributed by atoms with Crippen LogP contribution in [0.1, 0.15) is 10.4 Å². The van der Waals surface area contributed by atoms with Crippen molar-refractivity contribution in [3.05, 3.63) is 52.6 Å². The van der Waals surface area contributed by atoms with Crippen LogP contribution in [-0.2, 0) is 14.3 Å². The van der Waals surface area contributed by atoms with Crippen molar-refractivity contribution in [1.82, 2.24) is 9.88 Å². The van der Waals surface area contributed by atoms with Crippen molar-refractivity contribution < 1.29 is 19.1 Å². The minimum atomic E-state index is -0.541. The second-order valence-electron chi connectivity index (χ2n) is 5.67. The zero-order valence-corrected chi connectivity index (χ0v) is 16.4. The van der Waals surface area contributed by atoms with Gasteiger partial charge in [-0.15, -0.1) is 0 Å². The molecule has 0 saturated heterocycles. The first-order valence-corrected chi connectivity index (χ1v) is 8.75. The lowest BCUT2D eigenvalue weighted by Crippen LogP contribution is -2.36. The number of likely N-dealkylation sites (N-methyl/N-ethyl adjacent to an activating group) is 1. The van der Waals surface area contributed by atoms with E-state index in [1.807, 2.05) is 0 Å². The molecule has 0 aliphatic heterocycles. The van der Waals surface area contributed by atoms with Gasteiger partial charge in [0.25, 0.3) is 0 Å². The molecule has 0 bridgehead atoms. The van der Waals surface area contributed by atoms with Crippen LogP contribution in [0, 0.1) is 0 Å². The summed E-state index contributed by atoms with van der Waals surface area (Å²) < 4.78 is 5.50. The Morgan fingerprint density at radius 1 is 1.07 bits per heavy atom. The number of amides is 2. The van der Waals surface area contributed by atoms with Gasteiger partial charge in [0.2, 0.25) is 11.8 Å². The minimum Gasteiger partial charge on any atom is -0.465 e. The Hall–Kier alpha value is -2.78. The SMILES string of the molecule is COC(=O)c1ccccc1NC(=O)CN(C)CC(=O)Nc1ccc(Br)cn1. The molecule has 2 rings (SSSR count). The third-order valence-corrected chi connectivity index (χ3v) is 3.90. The van der Waals surface area contributed by atoms with E-state index < -0.39 is 5.97 Å². The zero-order chi connectivity index (χ0) is 19.8. The third-order valence-electron chi connectivity index (χ3n) is 3.43. The lowest BCUT2D eigenvalue weighted by molar-refractivity contribution is -0.119. The van der Waals surface area contributed by atoms with E-state index in [1.165, 1.54) is 7.11 Å². The summed E-state index contributed by atoms with van der Waals surface area (Å²) in [4.78, 5) is 41.6. The number of hydrogen-bond donors (Lipinski definition) is 2. The number of anilines is 2. The van der Waals surface area contributed by atoms with Gasteiger partial charge in [-0.1, -0.05) is 12.1 Å². The van der Waals surface area contributed by atoms with Crippen LogP contribution in [0.25, 0.3) is 0 Å². The molecule has 9 heteroatoms. The van der Waals surface area contributed by atoms with Gasteiger partial charge in [0.05, 0.1) is 31.5 Å². The van der Waals surface area contributed by atoms with E-state index in [0.29, 0.717) is 11.5 Å². The lowest BCUT2D eigenvalue weighted by Gasteiger charge is -2.16. The highest BCUT2D eigenvalue weighted by molar-refractivity contribution is 9.10. The molecule has 0 saturated carbocycles. The number of methoxy groups -OCH3 is 1. The van der Waals surface area contributed by atoms with Crippen LogP contribution in [-0.4, -0.2) is 54.9 Å². The summed E-state index contributed by atoms with van der Waals surface area (Å²) in [6.45, 7) is -0.0273. The van der Waals surface area contributed by atoms with Crippen molar-refractivity contribution in [2.45, 2.75) is 0 Å². The standard InChI is InChI=1S/C18H19BrN4O4/c1-23(11-17(25)22-15-8-7-12(19)9-20-15)10-16(24)21-14-6-4-3-5-13(14)18(26)27-2/h3-9H,10-11H2,1-2H3,(H,21,24)(H,20,22,25). The van der Waals surface area contributed by atoms with Gasteiger partial charge in [-0.3, -0.25) is 14.5 Å². The fourth-order valence-electron chi connectivity index (χ4n) is 2.25. The molecule has 0 radical (unpaired) electrons. The summed E-state index contributed by atoms with van der Waals surface area (Å²) in [6, 6.07) is 9.97. The third kappa shape index (κ3) is 6.46. The monoisotopic (exact) mass is 434 g/mol. The minimum absolute atomic E-state index is 0.00378. The summed E-state index contributed by atoms with van der Waals surface area (Å²) in [5.41, 5.74) is 0.612. The lowest BCUT2D eigenvalue weighted by atomic mass is 10.2. The summed E-state index contributed by atoms with van der Waals surface area (Å²) >= 11 is 3.27. The fraction of sp³-hybridized carbons (Fsp3) is 0.222. The maximum atomic E-state index is 12.2. The molecular formula is C18H19BrN4O4. The molecule has 2 N–H and O–H groups in total. The number of carbonyl (C=O) groups excluding carboxylic acids is 3. The van der Waals surface area contributed by atoms with E-state index in [2.05, 4.69) is 31.5 Å². The number of benzene rings is 1. The molecule has 8 nitrogen and oxygen atoms in total. The highest BCUT2D eigenvalue weighted by Gasteiger charge is 2.15. The highest BCUT2D eigenvalue weighted by atomic mass is 79.9. The first kappa shape index (κ1) is 20.5. The van der Waals surface area contributed by atoms with E-state index in [0.717, 1.165) is 4.47 Å². The average Bonchev–Trinajstić information content (AvgIpc) is 2.63. The van der Waals surface area contributed by atoms with Gasteiger partial charge in [0.1, 0.15) is 5.82 Å². The van der Waals surface area contributed by atoms with Crippen molar-refractivity contribution in [3.8, 4) is 0 Å². The Morgan fingerprint density at radius 2 is 1.74 bits per heavy atom. The molecule has 1 aromatic carbocycles. The molecule has 2 amide bonds. The predicted molar refractivity (Wildman–Crippen MR) is 104 cm³/mol. The van der Waals surface area contributed by atoms with E-state index in [9.17, 15) is 14.4 Å². The van der Waals surface area contributed by atoms with Crippen LogP contribution < -0.4 is 10.6 Å². The molecule has 2 aromatic rings. The topological polar surface area (TPSA) is 101 Å². The average molecular weight is 435 g/mol.